The fourth-order valence-electron chi connectivity index (χ4n) is 3.93. The van der Waals surface area contributed by atoms with Crippen LogP contribution in [-0.4, -0.2) is 46.1 Å². The normalized spacial score (nSPS) is 16.4. The summed E-state index contributed by atoms with van der Waals surface area (Å²) in [7, 11) is 2.08. The van der Waals surface area contributed by atoms with Gasteiger partial charge in [-0.05, 0) is 43.8 Å². The number of aromatic nitrogens is 3. The summed E-state index contributed by atoms with van der Waals surface area (Å²) in [5.41, 5.74) is 9.26. The minimum Gasteiger partial charge on any atom is -0.487 e. The van der Waals surface area contributed by atoms with Crippen molar-refractivity contribution < 1.29 is 9.13 Å². The Labute approximate surface area is 185 Å². The average Bonchev–Trinajstić information content (AvgIpc) is 3.20. The number of fused-ring (bicyclic) bond motifs is 1. The predicted molar refractivity (Wildman–Crippen MR) is 123 cm³/mol. The molecule has 0 unspecified atom stereocenters. The van der Waals surface area contributed by atoms with Gasteiger partial charge in [-0.3, -0.25) is 4.98 Å². The van der Waals surface area contributed by atoms with Crippen LogP contribution in [0.3, 0.4) is 0 Å². The van der Waals surface area contributed by atoms with Gasteiger partial charge in [-0.25, -0.2) is 14.4 Å². The van der Waals surface area contributed by atoms with Gasteiger partial charge in [0.05, 0.1) is 16.9 Å². The Balaban J connectivity index is 1.44. The molecule has 2 aromatic heterocycles. The van der Waals surface area contributed by atoms with E-state index in [1.54, 1.807) is 36.5 Å². The molecular formula is C24H23FN6O. The van der Waals surface area contributed by atoms with Gasteiger partial charge >= 0.3 is 0 Å². The lowest BCUT2D eigenvalue weighted by atomic mass is 10.1. The summed E-state index contributed by atoms with van der Waals surface area (Å²) in [5.74, 6) is 0.908. The molecule has 3 heterocycles. The zero-order valence-corrected chi connectivity index (χ0v) is 17.6. The van der Waals surface area contributed by atoms with Crippen LogP contribution in [0.15, 0.2) is 61.1 Å². The number of nitrogens with zero attached hydrogens (tertiary/aromatic N) is 4. The van der Waals surface area contributed by atoms with Crippen LogP contribution in [-0.2, 0) is 0 Å². The minimum absolute atomic E-state index is 0.118. The van der Waals surface area contributed by atoms with Crippen molar-refractivity contribution in [2.75, 3.05) is 31.2 Å². The lowest BCUT2D eigenvalue weighted by molar-refractivity contribution is 0.209. The SMILES string of the molecule is CN1CC[C@@H](Oc2cc3ncnc(Nc4ccnc(-c5ccccc5F)c4)c3cc2N)C1. The van der Waals surface area contributed by atoms with Crippen LogP contribution in [0.1, 0.15) is 6.42 Å². The van der Waals surface area contributed by atoms with Gasteiger partial charge in [0, 0.05) is 42.0 Å². The molecule has 1 atom stereocenters. The van der Waals surface area contributed by atoms with Crippen LogP contribution in [0.5, 0.6) is 5.75 Å². The third-order valence-corrected chi connectivity index (χ3v) is 5.58. The number of hydrogen-bond donors (Lipinski definition) is 2. The number of halogens is 1. The monoisotopic (exact) mass is 430 g/mol. The maximum Gasteiger partial charge on any atom is 0.144 e. The summed E-state index contributed by atoms with van der Waals surface area (Å²) >= 11 is 0. The van der Waals surface area contributed by atoms with Crippen molar-refractivity contribution in [1.82, 2.24) is 19.9 Å². The fraction of sp³-hybridized carbons (Fsp3) is 0.208. The molecule has 0 amide bonds. The topological polar surface area (TPSA) is 89.2 Å². The number of pyridine rings is 1. The zero-order chi connectivity index (χ0) is 22.1. The first-order valence-electron chi connectivity index (χ1n) is 10.4. The summed E-state index contributed by atoms with van der Waals surface area (Å²) in [5, 5.41) is 4.05. The van der Waals surface area contributed by atoms with Crippen molar-refractivity contribution in [1.29, 1.82) is 0 Å². The second-order valence-electron chi connectivity index (χ2n) is 7.95. The zero-order valence-electron chi connectivity index (χ0n) is 17.6. The van der Waals surface area contributed by atoms with Gasteiger partial charge in [-0.15, -0.1) is 0 Å². The highest BCUT2D eigenvalue weighted by atomic mass is 19.1. The number of ether oxygens (including phenoxy) is 1. The highest BCUT2D eigenvalue weighted by molar-refractivity contribution is 5.94. The molecule has 0 saturated carbocycles. The van der Waals surface area contributed by atoms with Crippen molar-refractivity contribution in [2.45, 2.75) is 12.5 Å². The highest BCUT2D eigenvalue weighted by Crippen LogP contribution is 2.33. The Hall–Kier alpha value is -3.78. The first-order chi connectivity index (χ1) is 15.6. The molecule has 162 valence electrons. The van der Waals surface area contributed by atoms with Crippen LogP contribution in [0.2, 0.25) is 0 Å². The first-order valence-corrected chi connectivity index (χ1v) is 10.4. The fourth-order valence-corrected chi connectivity index (χ4v) is 3.93. The van der Waals surface area contributed by atoms with Gasteiger partial charge in [0.2, 0.25) is 0 Å². The summed E-state index contributed by atoms with van der Waals surface area (Å²) in [4.78, 5) is 15.3. The lowest BCUT2D eigenvalue weighted by Crippen LogP contribution is -2.21. The maximum atomic E-state index is 14.2. The molecule has 32 heavy (non-hydrogen) atoms. The molecule has 0 spiro atoms. The molecule has 1 aliphatic heterocycles. The average molecular weight is 430 g/mol. The van der Waals surface area contributed by atoms with E-state index in [2.05, 4.69) is 32.2 Å². The van der Waals surface area contributed by atoms with E-state index in [1.165, 1.54) is 12.4 Å². The number of nitrogens with one attached hydrogen (secondary N) is 1. The summed E-state index contributed by atoms with van der Waals surface area (Å²) in [6.45, 7) is 1.88. The number of likely N-dealkylation sites (tertiary alicyclic amines) is 1. The molecule has 0 radical (unpaired) electrons. The second kappa shape index (κ2) is 8.39. The van der Waals surface area contributed by atoms with Crippen molar-refractivity contribution in [3.05, 3.63) is 66.9 Å². The molecule has 1 saturated heterocycles. The Morgan fingerprint density at radius 1 is 1.12 bits per heavy atom. The molecule has 4 aromatic rings. The molecule has 7 nitrogen and oxygen atoms in total. The van der Waals surface area contributed by atoms with Gasteiger partial charge in [0.1, 0.15) is 29.8 Å². The number of likely N-dealkylation sites (N-methyl/N-ethyl adjacent to an activating group) is 1. The molecule has 3 N–H and O–H groups in total. The van der Waals surface area contributed by atoms with Crippen LogP contribution < -0.4 is 15.8 Å². The molecule has 2 aromatic carbocycles. The minimum atomic E-state index is -0.321. The number of benzene rings is 2. The number of anilines is 3. The van der Waals surface area contributed by atoms with Gasteiger partial charge in [0.15, 0.2) is 0 Å². The largest absolute Gasteiger partial charge is 0.487 e. The third-order valence-electron chi connectivity index (χ3n) is 5.58. The Bertz CT molecular complexity index is 1280. The molecule has 8 heteroatoms. The van der Waals surface area contributed by atoms with E-state index in [-0.39, 0.29) is 11.9 Å². The van der Waals surface area contributed by atoms with Crippen molar-refractivity contribution in [3.63, 3.8) is 0 Å². The van der Waals surface area contributed by atoms with Crippen molar-refractivity contribution >= 4 is 28.1 Å². The molecule has 1 aliphatic rings. The molecule has 0 aliphatic carbocycles. The number of rotatable bonds is 5. The van der Waals surface area contributed by atoms with E-state index >= 15 is 0 Å². The van der Waals surface area contributed by atoms with Crippen LogP contribution >= 0.6 is 0 Å². The quantitative estimate of drug-likeness (QED) is 0.458. The third kappa shape index (κ3) is 4.04. The smallest absolute Gasteiger partial charge is 0.144 e. The van der Waals surface area contributed by atoms with Crippen molar-refractivity contribution in [3.8, 4) is 17.0 Å². The van der Waals surface area contributed by atoms with E-state index in [0.717, 1.165) is 36.1 Å². The van der Waals surface area contributed by atoms with Gasteiger partial charge in [-0.2, -0.15) is 0 Å². The summed E-state index contributed by atoms with van der Waals surface area (Å²) in [6, 6.07) is 13.8. The maximum absolute atomic E-state index is 14.2. The molecule has 1 fully saturated rings. The van der Waals surface area contributed by atoms with E-state index in [4.69, 9.17) is 10.5 Å². The predicted octanol–water partition coefficient (Wildman–Crippen LogP) is 4.24. The van der Waals surface area contributed by atoms with Crippen LogP contribution in [0.4, 0.5) is 21.6 Å². The Kier molecular flexibility index (Phi) is 5.28. The highest BCUT2D eigenvalue weighted by Gasteiger charge is 2.22. The van der Waals surface area contributed by atoms with Gasteiger partial charge < -0.3 is 20.7 Å². The Morgan fingerprint density at radius 3 is 2.81 bits per heavy atom. The molecule has 5 rings (SSSR count). The number of nitrogens with two attached hydrogens (primary N) is 1. The van der Waals surface area contributed by atoms with Gasteiger partial charge in [0.25, 0.3) is 0 Å². The lowest BCUT2D eigenvalue weighted by Gasteiger charge is -2.16. The molecular weight excluding hydrogens is 407 g/mol. The standard InChI is InChI=1S/C24H23FN6O/c1-31-9-7-16(13-31)32-23-12-22-18(11-20(23)26)24(29-14-28-22)30-15-6-8-27-21(10-15)17-4-2-3-5-19(17)25/h2-6,8,10-12,14,16H,7,9,13,26H2,1H3,(H,27,28,29,30)/t16-/m1/s1. The Morgan fingerprint density at radius 2 is 2.00 bits per heavy atom. The summed E-state index contributed by atoms with van der Waals surface area (Å²) < 4.78 is 20.3. The van der Waals surface area contributed by atoms with E-state index < -0.39 is 0 Å². The number of hydrogen-bond acceptors (Lipinski definition) is 7. The number of nitrogen functional groups attached to an aromatic ring is 1. The van der Waals surface area contributed by atoms with Crippen LogP contribution in [0.25, 0.3) is 22.2 Å². The van der Waals surface area contributed by atoms with E-state index in [1.807, 2.05) is 12.1 Å². The van der Waals surface area contributed by atoms with E-state index in [0.29, 0.717) is 28.5 Å². The molecule has 0 bridgehead atoms. The summed E-state index contributed by atoms with van der Waals surface area (Å²) in [6.07, 6.45) is 4.21. The second-order valence-corrected chi connectivity index (χ2v) is 7.95. The van der Waals surface area contributed by atoms with Crippen molar-refractivity contribution in [2.24, 2.45) is 0 Å². The van der Waals surface area contributed by atoms with Gasteiger partial charge in [-0.1, -0.05) is 12.1 Å². The first kappa shape index (κ1) is 20.1. The van der Waals surface area contributed by atoms with Crippen LogP contribution in [0, 0.1) is 5.82 Å². The van der Waals surface area contributed by atoms with E-state index in [9.17, 15) is 4.39 Å².